The lowest BCUT2D eigenvalue weighted by atomic mass is 10.1. The predicted octanol–water partition coefficient (Wildman–Crippen LogP) is 3.29. The smallest absolute Gasteiger partial charge is 0.387 e. The van der Waals surface area contributed by atoms with Gasteiger partial charge in [-0.1, -0.05) is 24.3 Å². The van der Waals surface area contributed by atoms with Crippen LogP contribution >= 0.6 is 0 Å². The zero-order valence-corrected chi connectivity index (χ0v) is 15.7. The lowest BCUT2D eigenvalue weighted by Crippen LogP contribution is -2.23. The van der Waals surface area contributed by atoms with Gasteiger partial charge in [-0.25, -0.2) is 9.48 Å². The number of hydrogen-bond donors (Lipinski definition) is 0. The van der Waals surface area contributed by atoms with E-state index in [2.05, 4.69) is 9.84 Å². The van der Waals surface area contributed by atoms with Crippen LogP contribution in [0.5, 0.6) is 11.5 Å². The number of halogens is 2. The first-order valence-electron chi connectivity index (χ1n) is 8.74. The fraction of sp³-hybridized carbons (Fsp3) is 0.250. The molecular formula is C20H18F2N2O5. The molecule has 0 aliphatic carbocycles. The molecule has 152 valence electrons. The van der Waals surface area contributed by atoms with Gasteiger partial charge in [0, 0.05) is 12.4 Å². The topological polar surface area (TPSA) is 79.7 Å². The van der Waals surface area contributed by atoms with Gasteiger partial charge < -0.3 is 14.2 Å². The van der Waals surface area contributed by atoms with Gasteiger partial charge in [0.15, 0.2) is 17.2 Å². The fourth-order valence-corrected chi connectivity index (χ4v) is 2.77. The van der Waals surface area contributed by atoms with E-state index in [0.29, 0.717) is 16.3 Å². The molecule has 3 rings (SSSR count). The van der Waals surface area contributed by atoms with Crippen molar-refractivity contribution in [1.29, 1.82) is 0 Å². The second kappa shape index (κ2) is 8.68. The lowest BCUT2D eigenvalue weighted by molar-refractivity contribution is -0.0514. The van der Waals surface area contributed by atoms with E-state index in [0.717, 1.165) is 4.68 Å². The highest BCUT2D eigenvalue weighted by Crippen LogP contribution is 2.30. The van der Waals surface area contributed by atoms with Gasteiger partial charge in [0.25, 0.3) is 5.56 Å². The Morgan fingerprint density at radius 2 is 1.86 bits per heavy atom. The number of benzene rings is 2. The lowest BCUT2D eigenvalue weighted by Gasteiger charge is -2.13. The number of rotatable bonds is 7. The van der Waals surface area contributed by atoms with E-state index < -0.39 is 12.6 Å². The SMILES string of the molecule is CCOc1cc(COC(=O)c2nn(C)c(=O)c3ccccc23)ccc1OC(F)F. The number of aromatic nitrogens is 2. The van der Waals surface area contributed by atoms with Crippen molar-refractivity contribution in [3.05, 3.63) is 64.1 Å². The van der Waals surface area contributed by atoms with Crippen LogP contribution in [0.25, 0.3) is 10.8 Å². The van der Waals surface area contributed by atoms with E-state index in [1.165, 1.54) is 25.2 Å². The van der Waals surface area contributed by atoms with E-state index in [1.54, 1.807) is 31.2 Å². The van der Waals surface area contributed by atoms with Crippen LogP contribution in [0.2, 0.25) is 0 Å². The van der Waals surface area contributed by atoms with Gasteiger partial charge in [-0.3, -0.25) is 4.79 Å². The summed E-state index contributed by atoms with van der Waals surface area (Å²) in [5.41, 5.74) is 0.191. The largest absolute Gasteiger partial charge is 0.490 e. The minimum absolute atomic E-state index is 0.00499. The zero-order chi connectivity index (χ0) is 21.0. The van der Waals surface area contributed by atoms with Crippen molar-refractivity contribution >= 4 is 16.7 Å². The van der Waals surface area contributed by atoms with Crippen molar-refractivity contribution in [3.8, 4) is 11.5 Å². The maximum absolute atomic E-state index is 12.6. The summed E-state index contributed by atoms with van der Waals surface area (Å²) in [6.45, 7) is -1.18. The third-order valence-electron chi connectivity index (χ3n) is 4.04. The van der Waals surface area contributed by atoms with Gasteiger partial charge in [0.1, 0.15) is 6.61 Å². The molecule has 0 unspecified atom stereocenters. The molecule has 0 aliphatic heterocycles. The highest BCUT2D eigenvalue weighted by atomic mass is 19.3. The first kappa shape index (κ1) is 20.2. The Balaban J connectivity index is 1.83. The highest BCUT2D eigenvalue weighted by molar-refractivity contribution is 6.02. The monoisotopic (exact) mass is 404 g/mol. The number of fused-ring (bicyclic) bond motifs is 1. The molecule has 0 fully saturated rings. The molecule has 3 aromatic rings. The molecular weight excluding hydrogens is 386 g/mol. The average molecular weight is 404 g/mol. The molecule has 0 atom stereocenters. The number of aryl methyl sites for hydroxylation is 1. The van der Waals surface area contributed by atoms with Gasteiger partial charge in [-0.05, 0) is 30.7 Å². The molecule has 0 amide bonds. The Hall–Kier alpha value is -3.49. The third-order valence-corrected chi connectivity index (χ3v) is 4.04. The molecule has 0 radical (unpaired) electrons. The molecule has 29 heavy (non-hydrogen) atoms. The molecule has 1 heterocycles. The Kier molecular flexibility index (Phi) is 6.06. The quantitative estimate of drug-likeness (QED) is 0.563. The normalized spacial score (nSPS) is 10.9. The number of carbonyl (C=O) groups is 1. The van der Waals surface area contributed by atoms with Crippen molar-refractivity contribution < 1.29 is 27.8 Å². The average Bonchev–Trinajstić information content (AvgIpc) is 2.70. The standard InChI is InChI=1S/C20H18F2N2O5/c1-3-27-16-10-12(8-9-15(16)29-20(21)22)11-28-19(26)17-13-6-4-5-7-14(13)18(25)24(2)23-17/h4-10,20H,3,11H2,1-2H3. The molecule has 2 aromatic carbocycles. The third kappa shape index (κ3) is 4.50. The second-order valence-corrected chi connectivity index (χ2v) is 5.99. The zero-order valence-electron chi connectivity index (χ0n) is 15.7. The van der Waals surface area contributed by atoms with Crippen molar-refractivity contribution in [1.82, 2.24) is 9.78 Å². The summed E-state index contributed by atoms with van der Waals surface area (Å²) >= 11 is 0. The van der Waals surface area contributed by atoms with Gasteiger partial charge in [-0.2, -0.15) is 13.9 Å². The molecule has 0 N–H and O–H groups in total. The Labute approximate surface area is 164 Å². The first-order chi connectivity index (χ1) is 13.9. The Morgan fingerprint density at radius 3 is 2.55 bits per heavy atom. The van der Waals surface area contributed by atoms with Gasteiger partial charge >= 0.3 is 12.6 Å². The highest BCUT2D eigenvalue weighted by Gasteiger charge is 2.18. The fourth-order valence-electron chi connectivity index (χ4n) is 2.77. The Morgan fingerprint density at radius 1 is 1.14 bits per heavy atom. The molecule has 9 heteroatoms. The second-order valence-electron chi connectivity index (χ2n) is 5.99. The molecule has 0 aliphatic rings. The van der Waals surface area contributed by atoms with Crippen LogP contribution in [0, 0.1) is 0 Å². The van der Waals surface area contributed by atoms with E-state index >= 15 is 0 Å². The summed E-state index contributed by atoms with van der Waals surface area (Å²) in [5.74, 6) is -0.711. The number of nitrogens with zero attached hydrogens (tertiary/aromatic N) is 2. The molecule has 0 spiro atoms. The van der Waals surface area contributed by atoms with Crippen molar-refractivity contribution in [3.63, 3.8) is 0 Å². The first-order valence-corrected chi connectivity index (χ1v) is 8.74. The van der Waals surface area contributed by atoms with Crippen molar-refractivity contribution in [2.24, 2.45) is 7.05 Å². The van der Waals surface area contributed by atoms with E-state index in [1.807, 2.05) is 0 Å². The summed E-state index contributed by atoms with van der Waals surface area (Å²) in [7, 11) is 1.45. The van der Waals surface area contributed by atoms with Crippen LogP contribution < -0.4 is 15.0 Å². The Bertz CT molecular complexity index is 1100. The minimum Gasteiger partial charge on any atom is -0.490 e. The number of esters is 1. The van der Waals surface area contributed by atoms with E-state index in [4.69, 9.17) is 9.47 Å². The predicted molar refractivity (Wildman–Crippen MR) is 100 cm³/mol. The maximum atomic E-state index is 12.6. The molecule has 1 aromatic heterocycles. The molecule has 7 nitrogen and oxygen atoms in total. The van der Waals surface area contributed by atoms with E-state index in [-0.39, 0.29) is 36.0 Å². The number of ether oxygens (including phenoxy) is 3. The van der Waals surface area contributed by atoms with Crippen LogP contribution in [-0.2, 0) is 18.4 Å². The van der Waals surface area contributed by atoms with Crippen molar-refractivity contribution in [2.45, 2.75) is 20.1 Å². The maximum Gasteiger partial charge on any atom is 0.387 e. The molecule has 0 saturated heterocycles. The summed E-state index contributed by atoms with van der Waals surface area (Å²) in [6.07, 6.45) is 0. The van der Waals surface area contributed by atoms with Gasteiger partial charge in [0.05, 0.1) is 12.0 Å². The number of carbonyl (C=O) groups excluding carboxylic acids is 1. The van der Waals surface area contributed by atoms with Crippen LogP contribution in [0.15, 0.2) is 47.3 Å². The number of hydrogen-bond acceptors (Lipinski definition) is 6. The van der Waals surface area contributed by atoms with Crippen LogP contribution in [0.3, 0.4) is 0 Å². The summed E-state index contributed by atoms with van der Waals surface area (Å²) in [5, 5.41) is 4.74. The summed E-state index contributed by atoms with van der Waals surface area (Å²) in [4.78, 5) is 24.7. The van der Waals surface area contributed by atoms with Gasteiger partial charge in [-0.15, -0.1) is 0 Å². The van der Waals surface area contributed by atoms with Gasteiger partial charge in [0.2, 0.25) is 0 Å². The molecule has 0 bridgehead atoms. The molecule has 0 saturated carbocycles. The van der Waals surface area contributed by atoms with E-state index in [9.17, 15) is 18.4 Å². The summed E-state index contributed by atoms with van der Waals surface area (Å²) < 4.78 is 41.1. The van der Waals surface area contributed by atoms with Crippen molar-refractivity contribution in [2.75, 3.05) is 6.61 Å². The van der Waals surface area contributed by atoms with Crippen LogP contribution in [0.1, 0.15) is 23.0 Å². The van der Waals surface area contributed by atoms with Crippen LogP contribution in [-0.4, -0.2) is 29.0 Å². The number of alkyl halides is 2. The summed E-state index contributed by atoms with van der Waals surface area (Å²) in [6, 6.07) is 10.9. The minimum atomic E-state index is -2.98. The van der Waals surface area contributed by atoms with Crippen LogP contribution in [0.4, 0.5) is 8.78 Å².